The molecule has 9 rings (SSSR count). The van der Waals surface area contributed by atoms with Gasteiger partial charge in [-0.3, -0.25) is 19.2 Å². The molecule has 10 nitrogen and oxygen atoms in total. The van der Waals surface area contributed by atoms with Crippen molar-refractivity contribution in [3.8, 4) is 0 Å². The Kier molecular flexibility index (Phi) is 9.09. The van der Waals surface area contributed by atoms with Gasteiger partial charge in [-0.2, -0.15) is 0 Å². The third kappa shape index (κ3) is 5.85. The van der Waals surface area contributed by atoms with Gasteiger partial charge in [0.15, 0.2) is 13.9 Å². The number of hydrogen-bond acceptors (Lipinski definition) is 7. The fourth-order valence-corrected chi connectivity index (χ4v) is 12.4. The van der Waals surface area contributed by atoms with Crippen LogP contribution >= 0.6 is 15.9 Å². The molecular weight excluding hydrogens is 787 g/mol. The van der Waals surface area contributed by atoms with Crippen LogP contribution in [0.15, 0.2) is 120 Å². The molecule has 1 aromatic heterocycles. The Hall–Kier alpha value is -4.98. The minimum absolute atomic E-state index is 0.0571. The zero-order chi connectivity index (χ0) is 38.9. The second-order valence-corrected chi connectivity index (χ2v) is 20.6. The summed E-state index contributed by atoms with van der Waals surface area (Å²) in [6.07, 6.45) is 1.95. The minimum Gasteiger partial charge on any atom is -0.432 e. The average Bonchev–Trinajstić information content (AvgIpc) is 3.92. The standard InChI is InChI=1S/C44H42BrN5O5Si/c1-27-41(56(2,3)54)39(21-22-48-25-36(46-47-48)34(26-51)29-9-5-4-6-10-29)55-44(27)35-23-31(45)17-20-37(35)49(43(44)53)24-28-15-18-32(19-16-28)50-38-14-8-12-30-11-7-13-33(40(30)38)42(50)52/h4-20,23,25,27,34,39,41,51,54H,21-22,24,26H2,1-3H3/t27-,34?,39+,41-,44+/m0/s1. The first-order chi connectivity index (χ1) is 27.0. The fourth-order valence-electron chi connectivity index (χ4n) is 9.48. The molecule has 0 aliphatic carbocycles. The van der Waals surface area contributed by atoms with E-state index in [9.17, 15) is 14.7 Å². The molecule has 3 aliphatic heterocycles. The number of aryl methyl sites for hydroxylation is 1. The van der Waals surface area contributed by atoms with Crippen LogP contribution in [0.2, 0.25) is 18.6 Å². The van der Waals surface area contributed by atoms with E-state index in [1.54, 1.807) is 14.5 Å². The Labute approximate surface area is 334 Å². The number of aromatic nitrogens is 3. The van der Waals surface area contributed by atoms with E-state index in [2.05, 4.69) is 26.2 Å². The minimum atomic E-state index is -2.89. The van der Waals surface area contributed by atoms with E-state index in [1.807, 2.05) is 135 Å². The average molecular weight is 829 g/mol. The molecule has 1 fully saturated rings. The monoisotopic (exact) mass is 827 g/mol. The number of rotatable bonds is 10. The second-order valence-electron chi connectivity index (χ2n) is 15.7. The lowest BCUT2D eigenvalue weighted by Gasteiger charge is -2.32. The number of anilines is 3. The van der Waals surface area contributed by atoms with E-state index in [1.165, 1.54) is 0 Å². The molecule has 3 aliphatic rings. The molecule has 284 valence electrons. The summed E-state index contributed by atoms with van der Waals surface area (Å²) in [6, 6.07) is 35.2. The summed E-state index contributed by atoms with van der Waals surface area (Å²) in [5, 5.41) is 21.0. The third-order valence-corrected chi connectivity index (χ3v) is 15.0. The molecule has 56 heavy (non-hydrogen) atoms. The summed E-state index contributed by atoms with van der Waals surface area (Å²) < 4.78 is 9.66. The van der Waals surface area contributed by atoms with Crippen molar-refractivity contribution in [2.24, 2.45) is 5.92 Å². The van der Waals surface area contributed by atoms with E-state index in [0.29, 0.717) is 30.8 Å². The zero-order valence-electron chi connectivity index (χ0n) is 31.3. The molecule has 1 saturated heterocycles. The molecule has 1 unspecified atom stereocenters. The third-order valence-electron chi connectivity index (χ3n) is 12.0. The van der Waals surface area contributed by atoms with Crippen molar-refractivity contribution in [2.75, 3.05) is 16.4 Å². The highest BCUT2D eigenvalue weighted by atomic mass is 79.9. The first-order valence-electron chi connectivity index (χ1n) is 19.0. The Morgan fingerprint density at radius 1 is 0.929 bits per heavy atom. The lowest BCUT2D eigenvalue weighted by Crippen LogP contribution is -2.46. The smallest absolute Gasteiger partial charge is 0.264 e. The van der Waals surface area contributed by atoms with Crippen molar-refractivity contribution in [1.82, 2.24) is 15.0 Å². The largest absolute Gasteiger partial charge is 0.432 e. The van der Waals surface area contributed by atoms with Gasteiger partial charge in [0.1, 0.15) is 0 Å². The van der Waals surface area contributed by atoms with Crippen LogP contribution in [0.3, 0.4) is 0 Å². The Balaban J connectivity index is 0.985. The number of hydrogen-bond donors (Lipinski definition) is 2. The molecular formula is C44H42BrN5O5Si. The summed E-state index contributed by atoms with van der Waals surface area (Å²) in [7, 11) is -2.89. The topological polar surface area (TPSA) is 121 Å². The Morgan fingerprint density at radius 2 is 1.68 bits per heavy atom. The molecule has 5 aromatic carbocycles. The quantitative estimate of drug-likeness (QED) is 0.134. The Bertz CT molecular complexity index is 2480. The number of amides is 2. The number of carbonyl (C=O) groups is 2. The van der Waals surface area contributed by atoms with Crippen LogP contribution in [-0.4, -0.2) is 57.7 Å². The highest BCUT2D eigenvalue weighted by Gasteiger charge is 2.66. The predicted molar refractivity (Wildman–Crippen MR) is 221 cm³/mol. The second kappa shape index (κ2) is 13.9. The molecule has 6 aromatic rings. The van der Waals surface area contributed by atoms with Gasteiger partial charge < -0.3 is 19.5 Å². The van der Waals surface area contributed by atoms with Crippen molar-refractivity contribution in [1.29, 1.82) is 0 Å². The van der Waals surface area contributed by atoms with Crippen LogP contribution in [0.4, 0.5) is 17.1 Å². The number of benzene rings is 5. The van der Waals surface area contributed by atoms with Crippen LogP contribution in [0.25, 0.3) is 10.8 Å². The lowest BCUT2D eigenvalue weighted by atomic mass is 9.82. The first-order valence-corrected chi connectivity index (χ1v) is 22.8. The molecule has 12 heteroatoms. The number of nitrogens with zero attached hydrogens (tertiary/aromatic N) is 5. The van der Waals surface area contributed by atoms with Gasteiger partial charge in [0.2, 0.25) is 0 Å². The van der Waals surface area contributed by atoms with E-state index in [-0.39, 0.29) is 35.8 Å². The van der Waals surface area contributed by atoms with E-state index in [0.717, 1.165) is 49.0 Å². The molecule has 1 spiro atoms. The van der Waals surface area contributed by atoms with E-state index >= 15 is 4.79 Å². The van der Waals surface area contributed by atoms with Crippen LogP contribution < -0.4 is 9.80 Å². The SMILES string of the molecule is C[C@H]1[C@H]([Si](C)(C)O)[C@@H](CCn2cc(C(CO)c3ccccc3)nn2)O[C@]12C(=O)N(Cc1ccc(N3C(=O)c4cccc5cccc3c45)cc1)c1ccc(Br)cc12. The van der Waals surface area contributed by atoms with Crippen molar-refractivity contribution in [2.45, 2.75) is 62.7 Å². The van der Waals surface area contributed by atoms with Gasteiger partial charge in [-0.05, 0) is 78.5 Å². The molecule has 5 atom stereocenters. The zero-order valence-corrected chi connectivity index (χ0v) is 33.9. The van der Waals surface area contributed by atoms with Crippen molar-refractivity contribution in [3.05, 3.63) is 148 Å². The fraction of sp³-hybridized carbons (Fsp3) is 0.273. The number of aliphatic hydroxyl groups is 1. The first kappa shape index (κ1) is 36.6. The molecule has 0 saturated carbocycles. The van der Waals surface area contributed by atoms with Crippen LogP contribution in [-0.2, 0) is 28.2 Å². The van der Waals surface area contributed by atoms with Gasteiger partial charge in [0.25, 0.3) is 11.8 Å². The summed E-state index contributed by atoms with van der Waals surface area (Å²) in [5.41, 5.74) is 4.88. The predicted octanol–water partition coefficient (Wildman–Crippen LogP) is 8.04. The number of halogens is 1. The summed E-state index contributed by atoms with van der Waals surface area (Å²) in [5.74, 6) is -0.823. The molecule has 2 N–H and O–H groups in total. The van der Waals surface area contributed by atoms with E-state index < -0.39 is 20.0 Å². The van der Waals surface area contributed by atoms with Gasteiger partial charge in [-0.25, -0.2) is 0 Å². The van der Waals surface area contributed by atoms with Gasteiger partial charge in [0, 0.05) is 45.3 Å². The number of ether oxygens (including phenoxy) is 1. The number of aliphatic hydroxyl groups excluding tert-OH is 1. The van der Waals surface area contributed by atoms with E-state index in [4.69, 9.17) is 4.74 Å². The normalized spacial score (nSPS) is 22.1. The number of carbonyl (C=O) groups excluding carboxylic acids is 2. The van der Waals surface area contributed by atoms with Gasteiger partial charge in [0.05, 0.1) is 47.8 Å². The van der Waals surface area contributed by atoms with Crippen molar-refractivity contribution >= 4 is 63.9 Å². The summed E-state index contributed by atoms with van der Waals surface area (Å²) in [6.45, 7) is 6.56. The van der Waals surface area contributed by atoms with Crippen LogP contribution in [0.5, 0.6) is 0 Å². The summed E-state index contributed by atoms with van der Waals surface area (Å²) >= 11 is 3.66. The molecule has 0 radical (unpaired) electrons. The van der Waals surface area contributed by atoms with Crippen molar-refractivity contribution < 1.29 is 24.2 Å². The molecule has 0 bridgehead atoms. The van der Waals surface area contributed by atoms with Gasteiger partial charge >= 0.3 is 0 Å². The highest BCUT2D eigenvalue weighted by molar-refractivity contribution is 9.10. The number of fused-ring (bicyclic) bond motifs is 2. The van der Waals surface area contributed by atoms with Gasteiger partial charge in [-0.15, -0.1) is 5.10 Å². The Morgan fingerprint density at radius 3 is 2.41 bits per heavy atom. The van der Waals surface area contributed by atoms with Crippen LogP contribution in [0.1, 0.15) is 52.0 Å². The van der Waals surface area contributed by atoms with Crippen molar-refractivity contribution in [3.63, 3.8) is 0 Å². The van der Waals surface area contributed by atoms with Crippen LogP contribution in [0, 0.1) is 5.92 Å². The van der Waals surface area contributed by atoms with Gasteiger partial charge in [-0.1, -0.05) is 94.8 Å². The maximum Gasteiger partial charge on any atom is 0.264 e. The summed E-state index contributed by atoms with van der Waals surface area (Å²) in [4.78, 5) is 44.0. The maximum absolute atomic E-state index is 15.0. The highest BCUT2D eigenvalue weighted by Crippen LogP contribution is 2.60. The molecule has 4 heterocycles. The maximum atomic E-state index is 15.0. The lowest BCUT2D eigenvalue weighted by molar-refractivity contribution is -0.146. The molecule has 2 amide bonds.